The standard InChI is InChI=1S/C9H19NO5/c1-13-5-6-14-3-2-4-15-9(12)8(10)7-11/h8,11H,2-7,10H2,1H3. The largest absolute Gasteiger partial charge is 0.464 e. The molecule has 6 heteroatoms. The second kappa shape index (κ2) is 9.85. The predicted octanol–water partition coefficient (Wildman–Crippen LogP) is -1.10. The number of carbonyl (C=O) groups is 1. The highest BCUT2D eigenvalue weighted by molar-refractivity contribution is 5.75. The van der Waals surface area contributed by atoms with E-state index in [1.807, 2.05) is 0 Å². The fourth-order valence-corrected chi connectivity index (χ4v) is 0.760. The van der Waals surface area contributed by atoms with E-state index >= 15 is 0 Å². The zero-order valence-electron chi connectivity index (χ0n) is 8.98. The number of carbonyl (C=O) groups excluding carboxylic acids is 1. The van der Waals surface area contributed by atoms with Gasteiger partial charge in [-0.3, -0.25) is 4.79 Å². The van der Waals surface area contributed by atoms with Gasteiger partial charge in [0, 0.05) is 20.1 Å². The normalized spacial score (nSPS) is 12.5. The van der Waals surface area contributed by atoms with E-state index in [-0.39, 0.29) is 6.61 Å². The van der Waals surface area contributed by atoms with Crippen LogP contribution >= 0.6 is 0 Å². The van der Waals surface area contributed by atoms with Crippen LogP contribution in [0, 0.1) is 0 Å². The third-order valence-electron chi connectivity index (χ3n) is 1.61. The first-order chi connectivity index (χ1) is 7.22. The molecule has 0 saturated heterocycles. The molecule has 0 aliphatic carbocycles. The van der Waals surface area contributed by atoms with E-state index in [9.17, 15) is 4.79 Å². The van der Waals surface area contributed by atoms with Crippen LogP contribution in [-0.2, 0) is 19.0 Å². The van der Waals surface area contributed by atoms with Crippen molar-refractivity contribution < 1.29 is 24.1 Å². The maximum Gasteiger partial charge on any atom is 0.325 e. The van der Waals surface area contributed by atoms with Crippen molar-refractivity contribution in [3.63, 3.8) is 0 Å². The molecule has 6 nitrogen and oxygen atoms in total. The van der Waals surface area contributed by atoms with Gasteiger partial charge in [-0.15, -0.1) is 0 Å². The zero-order chi connectivity index (χ0) is 11.5. The van der Waals surface area contributed by atoms with E-state index in [4.69, 9.17) is 25.1 Å². The lowest BCUT2D eigenvalue weighted by Crippen LogP contribution is -2.35. The number of aliphatic hydroxyl groups is 1. The highest BCUT2D eigenvalue weighted by Gasteiger charge is 2.12. The Labute approximate surface area is 89.3 Å². The van der Waals surface area contributed by atoms with E-state index in [1.54, 1.807) is 7.11 Å². The highest BCUT2D eigenvalue weighted by atomic mass is 16.5. The van der Waals surface area contributed by atoms with Crippen LogP contribution < -0.4 is 5.73 Å². The summed E-state index contributed by atoms with van der Waals surface area (Å²) in [5, 5.41) is 8.54. The molecule has 0 amide bonds. The van der Waals surface area contributed by atoms with Crippen molar-refractivity contribution in [2.75, 3.05) is 40.1 Å². The Hall–Kier alpha value is -0.690. The van der Waals surface area contributed by atoms with Gasteiger partial charge in [0.2, 0.25) is 0 Å². The first kappa shape index (κ1) is 14.3. The van der Waals surface area contributed by atoms with Gasteiger partial charge in [0.05, 0.1) is 26.4 Å². The van der Waals surface area contributed by atoms with Crippen molar-refractivity contribution in [2.45, 2.75) is 12.5 Å². The fraction of sp³-hybridized carbons (Fsp3) is 0.889. The Balaban J connectivity index is 3.20. The second-order valence-corrected chi connectivity index (χ2v) is 2.92. The van der Waals surface area contributed by atoms with Crippen molar-refractivity contribution in [1.82, 2.24) is 0 Å². The molecule has 90 valence electrons. The van der Waals surface area contributed by atoms with Gasteiger partial charge >= 0.3 is 5.97 Å². The maximum atomic E-state index is 10.9. The Kier molecular flexibility index (Phi) is 9.40. The minimum Gasteiger partial charge on any atom is -0.464 e. The molecule has 0 fully saturated rings. The minimum atomic E-state index is -0.945. The van der Waals surface area contributed by atoms with Crippen molar-refractivity contribution in [3.05, 3.63) is 0 Å². The number of esters is 1. The molecule has 0 aromatic heterocycles. The quantitative estimate of drug-likeness (QED) is 0.379. The minimum absolute atomic E-state index is 0.250. The highest BCUT2D eigenvalue weighted by Crippen LogP contribution is 1.89. The first-order valence-electron chi connectivity index (χ1n) is 4.82. The van der Waals surface area contributed by atoms with E-state index < -0.39 is 18.6 Å². The molecule has 0 radical (unpaired) electrons. The SMILES string of the molecule is COCCOCCCOC(=O)C(N)CO. The van der Waals surface area contributed by atoms with Gasteiger partial charge in [0.25, 0.3) is 0 Å². The molecule has 0 bridgehead atoms. The molecular formula is C9H19NO5. The molecule has 0 rings (SSSR count). The van der Waals surface area contributed by atoms with Crippen LogP contribution in [0.25, 0.3) is 0 Å². The number of hydrogen-bond acceptors (Lipinski definition) is 6. The van der Waals surface area contributed by atoms with Crippen molar-refractivity contribution in [3.8, 4) is 0 Å². The molecule has 0 aromatic rings. The lowest BCUT2D eigenvalue weighted by molar-refractivity contribution is -0.146. The van der Waals surface area contributed by atoms with Gasteiger partial charge in [-0.25, -0.2) is 0 Å². The van der Waals surface area contributed by atoms with E-state index in [1.165, 1.54) is 0 Å². The van der Waals surface area contributed by atoms with Crippen molar-refractivity contribution in [1.29, 1.82) is 0 Å². The lowest BCUT2D eigenvalue weighted by Gasteiger charge is -2.08. The molecule has 1 unspecified atom stereocenters. The smallest absolute Gasteiger partial charge is 0.325 e. The number of rotatable bonds is 9. The summed E-state index contributed by atoms with van der Waals surface area (Å²) in [6.45, 7) is 1.43. The summed E-state index contributed by atoms with van der Waals surface area (Å²) < 4.78 is 14.7. The topological polar surface area (TPSA) is 91.0 Å². The van der Waals surface area contributed by atoms with Crippen LogP contribution in [0.1, 0.15) is 6.42 Å². The molecule has 1 atom stereocenters. The number of hydrogen-bond donors (Lipinski definition) is 2. The summed E-state index contributed by atoms with van der Waals surface area (Å²) in [6, 6.07) is -0.945. The van der Waals surface area contributed by atoms with Crippen LogP contribution in [0.5, 0.6) is 0 Å². The van der Waals surface area contributed by atoms with Crippen molar-refractivity contribution in [2.24, 2.45) is 5.73 Å². The monoisotopic (exact) mass is 221 g/mol. The summed E-state index contributed by atoms with van der Waals surface area (Å²) in [4.78, 5) is 10.9. The molecule has 0 heterocycles. The molecule has 0 aromatic carbocycles. The van der Waals surface area contributed by atoms with Crippen LogP contribution in [0.3, 0.4) is 0 Å². The van der Waals surface area contributed by atoms with Gasteiger partial charge in [-0.2, -0.15) is 0 Å². The summed E-state index contributed by atoms with van der Waals surface area (Å²) in [5.41, 5.74) is 5.22. The molecule has 0 saturated carbocycles. The molecule has 0 spiro atoms. The van der Waals surface area contributed by atoms with E-state index in [2.05, 4.69) is 0 Å². The number of ether oxygens (including phenoxy) is 3. The van der Waals surface area contributed by atoms with Gasteiger partial charge in [-0.05, 0) is 0 Å². The van der Waals surface area contributed by atoms with Crippen LogP contribution in [-0.4, -0.2) is 57.3 Å². The van der Waals surface area contributed by atoms with Gasteiger partial charge in [0.15, 0.2) is 0 Å². The fourth-order valence-electron chi connectivity index (χ4n) is 0.760. The van der Waals surface area contributed by atoms with E-state index in [0.29, 0.717) is 26.2 Å². The second-order valence-electron chi connectivity index (χ2n) is 2.92. The average Bonchev–Trinajstić information content (AvgIpc) is 2.26. The Morgan fingerprint density at radius 1 is 1.33 bits per heavy atom. The zero-order valence-corrected chi connectivity index (χ0v) is 8.98. The Morgan fingerprint density at radius 3 is 2.67 bits per heavy atom. The van der Waals surface area contributed by atoms with Crippen LogP contribution in [0.2, 0.25) is 0 Å². The number of aliphatic hydroxyl groups excluding tert-OH is 1. The molecular weight excluding hydrogens is 202 g/mol. The molecule has 0 aliphatic heterocycles. The third kappa shape index (κ3) is 8.31. The van der Waals surface area contributed by atoms with Gasteiger partial charge < -0.3 is 25.1 Å². The lowest BCUT2D eigenvalue weighted by atomic mass is 10.3. The summed E-state index contributed by atoms with van der Waals surface area (Å²) in [5.74, 6) is -0.589. The average molecular weight is 221 g/mol. The molecule has 0 aliphatic rings. The Morgan fingerprint density at radius 2 is 2.07 bits per heavy atom. The number of methoxy groups -OCH3 is 1. The third-order valence-corrected chi connectivity index (χ3v) is 1.61. The van der Waals surface area contributed by atoms with E-state index in [0.717, 1.165) is 0 Å². The summed E-state index contributed by atoms with van der Waals surface area (Å²) in [7, 11) is 1.60. The number of nitrogens with two attached hydrogens (primary N) is 1. The summed E-state index contributed by atoms with van der Waals surface area (Å²) >= 11 is 0. The van der Waals surface area contributed by atoms with Gasteiger partial charge in [0.1, 0.15) is 6.04 Å². The van der Waals surface area contributed by atoms with Crippen LogP contribution in [0.4, 0.5) is 0 Å². The van der Waals surface area contributed by atoms with Gasteiger partial charge in [-0.1, -0.05) is 0 Å². The predicted molar refractivity (Wildman–Crippen MR) is 53.3 cm³/mol. The maximum absolute atomic E-state index is 10.9. The first-order valence-corrected chi connectivity index (χ1v) is 4.82. The summed E-state index contributed by atoms with van der Waals surface area (Å²) in [6.07, 6.45) is 0.605. The van der Waals surface area contributed by atoms with Crippen LogP contribution in [0.15, 0.2) is 0 Å². The van der Waals surface area contributed by atoms with Crippen molar-refractivity contribution >= 4 is 5.97 Å². The molecule has 15 heavy (non-hydrogen) atoms. The Bertz CT molecular complexity index is 165. The molecule has 3 N–H and O–H groups in total.